The number of anilines is 1. The maximum atomic E-state index is 4.14. The van der Waals surface area contributed by atoms with Crippen molar-refractivity contribution in [3.63, 3.8) is 0 Å². The molecule has 3 nitrogen and oxygen atoms in total. The van der Waals surface area contributed by atoms with Crippen LogP contribution < -0.4 is 5.32 Å². The van der Waals surface area contributed by atoms with Crippen LogP contribution in [0.3, 0.4) is 0 Å². The van der Waals surface area contributed by atoms with Crippen molar-refractivity contribution in [2.24, 2.45) is 0 Å². The first-order chi connectivity index (χ1) is 8.19. The van der Waals surface area contributed by atoms with Crippen molar-refractivity contribution in [1.82, 2.24) is 9.78 Å². The van der Waals surface area contributed by atoms with Crippen molar-refractivity contribution in [2.45, 2.75) is 20.4 Å². The van der Waals surface area contributed by atoms with Crippen LogP contribution in [0.2, 0.25) is 0 Å². The molecule has 0 aliphatic carbocycles. The first kappa shape index (κ1) is 11.5. The third-order valence-electron chi connectivity index (χ3n) is 2.85. The molecule has 0 amide bonds. The maximum Gasteiger partial charge on any atom is 0.0543 e. The van der Waals surface area contributed by atoms with E-state index in [1.165, 1.54) is 11.1 Å². The van der Waals surface area contributed by atoms with E-state index < -0.39 is 0 Å². The lowest BCUT2D eigenvalue weighted by atomic mass is 10.1. The fourth-order valence-corrected chi connectivity index (χ4v) is 1.62. The van der Waals surface area contributed by atoms with Gasteiger partial charge >= 0.3 is 0 Å². The van der Waals surface area contributed by atoms with Crippen LogP contribution in [-0.4, -0.2) is 9.78 Å². The molecule has 1 aromatic carbocycles. The highest BCUT2D eigenvalue weighted by molar-refractivity contribution is 5.48. The van der Waals surface area contributed by atoms with Gasteiger partial charge in [-0.1, -0.05) is 12.6 Å². The monoisotopic (exact) mass is 227 g/mol. The van der Waals surface area contributed by atoms with Gasteiger partial charge in [0.1, 0.15) is 0 Å². The van der Waals surface area contributed by atoms with Gasteiger partial charge in [-0.2, -0.15) is 5.10 Å². The average Bonchev–Trinajstić information content (AvgIpc) is 2.79. The van der Waals surface area contributed by atoms with Crippen LogP contribution in [0.25, 0.3) is 6.20 Å². The minimum atomic E-state index is 0.774. The molecule has 17 heavy (non-hydrogen) atoms. The predicted molar refractivity (Wildman–Crippen MR) is 71.9 cm³/mol. The summed E-state index contributed by atoms with van der Waals surface area (Å²) in [5.41, 5.74) is 4.90. The van der Waals surface area contributed by atoms with Gasteiger partial charge in [0, 0.05) is 30.2 Å². The maximum absolute atomic E-state index is 4.14. The average molecular weight is 227 g/mol. The first-order valence-corrected chi connectivity index (χ1v) is 5.66. The molecule has 2 rings (SSSR count). The summed E-state index contributed by atoms with van der Waals surface area (Å²) >= 11 is 0. The first-order valence-electron chi connectivity index (χ1n) is 5.66. The summed E-state index contributed by atoms with van der Waals surface area (Å²) in [4.78, 5) is 0. The van der Waals surface area contributed by atoms with E-state index in [0.717, 1.165) is 17.8 Å². The molecule has 1 aromatic heterocycles. The quantitative estimate of drug-likeness (QED) is 0.869. The van der Waals surface area contributed by atoms with E-state index in [1.54, 1.807) is 10.9 Å². The molecule has 0 aliphatic rings. The van der Waals surface area contributed by atoms with Crippen LogP contribution in [-0.2, 0) is 6.54 Å². The third-order valence-corrected chi connectivity index (χ3v) is 2.85. The van der Waals surface area contributed by atoms with E-state index in [4.69, 9.17) is 0 Å². The fourth-order valence-electron chi connectivity index (χ4n) is 1.62. The molecule has 1 N–H and O–H groups in total. The Morgan fingerprint density at radius 2 is 2.18 bits per heavy atom. The number of aromatic nitrogens is 2. The lowest BCUT2D eigenvalue weighted by Gasteiger charge is -2.07. The Kier molecular flexibility index (Phi) is 3.28. The van der Waals surface area contributed by atoms with Crippen LogP contribution >= 0.6 is 0 Å². The Bertz CT molecular complexity index is 526. The molecule has 0 aliphatic heterocycles. The molecule has 1 heterocycles. The molecule has 0 radical (unpaired) electrons. The van der Waals surface area contributed by atoms with Gasteiger partial charge in [0.05, 0.1) is 6.20 Å². The number of hydrogen-bond acceptors (Lipinski definition) is 2. The number of rotatable bonds is 4. The van der Waals surface area contributed by atoms with Crippen LogP contribution in [0.15, 0.2) is 37.2 Å². The zero-order valence-electron chi connectivity index (χ0n) is 10.3. The zero-order chi connectivity index (χ0) is 12.3. The second-order valence-corrected chi connectivity index (χ2v) is 4.16. The van der Waals surface area contributed by atoms with Gasteiger partial charge in [0.25, 0.3) is 0 Å². The molecule has 0 fully saturated rings. The lowest BCUT2D eigenvalue weighted by Crippen LogP contribution is -1.98. The van der Waals surface area contributed by atoms with Gasteiger partial charge in [0.2, 0.25) is 0 Å². The molecule has 0 saturated heterocycles. The minimum absolute atomic E-state index is 0.774. The number of aryl methyl sites for hydroxylation is 2. The second kappa shape index (κ2) is 4.87. The Labute approximate surface area is 102 Å². The second-order valence-electron chi connectivity index (χ2n) is 4.16. The number of hydrogen-bond donors (Lipinski definition) is 1. The van der Waals surface area contributed by atoms with Gasteiger partial charge < -0.3 is 5.32 Å². The van der Waals surface area contributed by atoms with E-state index in [1.807, 2.05) is 12.4 Å². The van der Waals surface area contributed by atoms with E-state index >= 15 is 0 Å². The van der Waals surface area contributed by atoms with Crippen molar-refractivity contribution < 1.29 is 0 Å². The van der Waals surface area contributed by atoms with Crippen molar-refractivity contribution >= 4 is 11.9 Å². The molecule has 0 spiro atoms. The largest absolute Gasteiger partial charge is 0.381 e. The van der Waals surface area contributed by atoms with Gasteiger partial charge in [-0.3, -0.25) is 0 Å². The van der Waals surface area contributed by atoms with E-state index in [2.05, 4.69) is 49.0 Å². The van der Waals surface area contributed by atoms with Crippen molar-refractivity contribution in [3.8, 4) is 0 Å². The summed E-state index contributed by atoms with van der Waals surface area (Å²) in [7, 11) is 0. The lowest BCUT2D eigenvalue weighted by molar-refractivity contribution is 0.936. The molecule has 0 bridgehead atoms. The number of benzene rings is 1. The fraction of sp³-hybridized carbons (Fsp3) is 0.214. The SMILES string of the molecule is C=Cn1cc(CNc2ccc(C)c(C)c2)cn1. The van der Waals surface area contributed by atoms with Gasteiger partial charge in [-0.05, 0) is 37.1 Å². The topological polar surface area (TPSA) is 29.9 Å². The smallest absolute Gasteiger partial charge is 0.0543 e. The molecule has 0 saturated carbocycles. The summed E-state index contributed by atoms with van der Waals surface area (Å²) in [6.45, 7) is 8.68. The molecule has 3 heteroatoms. The highest BCUT2D eigenvalue weighted by Crippen LogP contribution is 2.15. The Balaban J connectivity index is 2.01. The Morgan fingerprint density at radius 3 is 2.82 bits per heavy atom. The Hall–Kier alpha value is -2.03. The van der Waals surface area contributed by atoms with Crippen molar-refractivity contribution in [1.29, 1.82) is 0 Å². The molecule has 0 unspecified atom stereocenters. The van der Waals surface area contributed by atoms with E-state index in [9.17, 15) is 0 Å². The highest BCUT2D eigenvalue weighted by Gasteiger charge is 1.98. The summed E-state index contributed by atoms with van der Waals surface area (Å²) in [6.07, 6.45) is 5.48. The van der Waals surface area contributed by atoms with Gasteiger partial charge in [0.15, 0.2) is 0 Å². The normalized spacial score (nSPS) is 10.2. The summed E-state index contributed by atoms with van der Waals surface area (Å²) in [5, 5.41) is 7.52. The van der Waals surface area contributed by atoms with Crippen molar-refractivity contribution in [3.05, 3.63) is 53.9 Å². The van der Waals surface area contributed by atoms with Crippen molar-refractivity contribution in [2.75, 3.05) is 5.32 Å². The summed E-state index contributed by atoms with van der Waals surface area (Å²) in [5.74, 6) is 0. The molecular formula is C14H17N3. The summed E-state index contributed by atoms with van der Waals surface area (Å²) < 4.78 is 1.71. The molecule has 0 atom stereocenters. The Morgan fingerprint density at radius 1 is 1.35 bits per heavy atom. The molecular weight excluding hydrogens is 210 g/mol. The highest BCUT2D eigenvalue weighted by atomic mass is 15.2. The minimum Gasteiger partial charge on any atom is -0.381 e. The van der Waals surface area contributed by atoms with Gasteiger partial charge in [-0.25, -0.2) is 4.68 Å². The zero-order valence-corrected chi connectivity index (χ0v) is 10.3. The number of nitrogens with zero attached hydrogens (tertiary/aromatic N) is 2. The van der Waals surface area contributed by atoms with Crippen LogP contribution in [0, 0.1) is 13.8 Å². The molecule has 2 aromatic rings. The van der Waals surface area contributed by atoms with Crippen LogP contribution in [0.1, 0.15) is 16.7 Å². The standard InChI is InChI=1S/C14H17N3/c1-4-17-10-13(9-16-17)8-15-14-6-5-11(2)12(3)7-14/h4-7,9-10,15H,1,8H2,2-3H3. The summed E-state index contributed by atoms with van der Waals surface area (Å²) in [6, 6.07) is 6.39. The predicted octanol–water partition coefficient (Wildman–Crippen LogP) is 3.21. The van der Waals surface area contributed by atoms with E-state index in [-0.39, 0.29) is 0 Å². The number of nitrogens with one attached hydrogen (secondary N) is 1. The van der Waals surface area contributed by atoms with Gasteiger partial charge in [-0.15, -0.1) is 0 Å². The van der Waals surface area contributed by atoms with Crippen LogP contribution in [0.4, 0.5) is 5.69 Å². The molecule has 88 valence electrons. The third kappa shape index (κ3) is 2.75. The van der Waals surface area contributed by atoms with Crippen LogP contribution in [0.5, 0.6) is 0 Å². The van der Waals surface area contributed by atoms with E-state index in [0.29, 0.717) is 0 Å².